The number of nitrogens with one attached hydrogen (secondary N) is 1. The highest BCUT2D eigenvalue weighted by molar-refractivity contribution is 6.29. The molecule has 166 valence electrons. The maximum absolute atomic E-state index is 6.22. The molecule has 0 amide bonds. The Morgan fingerprint density at radius 2 is 1.87 bits per heavy atom. The Morgan fingerprint density at radius 1 is 1.07 bits per heavy atom. The number of unbranched alkanes of at least 4 members (excludes halogenated alkanes) is 1. The Balaban J connectivity index is 0.00000150. The number of aromatic nitrogens is 3. The van der Waals surface area contributed by atoms with E-state index in [1.54, 1.807) is 0 Å². The van der Waals surface area contributed by atoms with Crippen LogP contribution in [0, 0.1) is 0 Å². The van der Waals surface area contributed by atoms with Crippen molar-refractivity contribution in [3.05, 3.63) is 58.6 Å². The van der Waals surface area contributed by atoms with Crippen LogP contribution in [0.1, 0.15) is 71.1 Å². The quantitative estimate of drug-likeness (QED) is 0.348. The van der Waals surface area contributed by atoms with Gasteiger partial charge in [-0.25, -0.2) is 9.97 Å². The predicted octanol–water partition coefficient (Wildman–Crippen LogP) is 6.14. The third-order valence-electron chi connectivity index (χ3n) is 5.35. The van der Waals surface area contributed by atoms with Crippen LogP contribution in [0.25, 0.3) is 11.0 Å². The number of aromatic amines is 1. The number of imidazole rings is 1. The molecule has 0 saturated heterocycles. The molecule has 4 rings (SSSR count). The van der Waals surface area contributed by atoms with Crippen molar-refractivity contribution >= 4 is 22.6 Å². The van der Waals surface area contributed by atoms with Crippen molar-refractivity contribution in [1.29, 1.82) is 0 Å². The molecule has 3 N–H and O–H groups in total. The topological polar surface area (TPSA) is 70.8 Å². The first kappa shape index (κ1) is 26.1. The van der Waals surface area contributed by atoms with Gasteiger partial charge in [-0.2, -0.15) is 0 Å². The van der Waals surface area contributed by atoms with Crippen molar-refractivity contribution in [3.8, 4) is 0 Å². The van der Waals surface area contributed by atoms with Gasteiger partial charge in [-0.05, 0) is 69.0 Å². The van der Waals surface area contributed by atoms with E-state index in [9.17, 15) is 0 Å². The van der Waals surface area contributed by atoms with Crippen LogP contribution >= 0.6 is 11.6 Å². The zero-order chi connectivity index (χ0) is 18.6. The predicted molar refractivity (Wildman–Crippen MR) is 130 cm³/mol. The van der Waals surface area contributed by atoms with Crippen molar-refractivity contribution in [2.75, 3.05) is 13.1 Å². The molecule has 1 aliphatic carbocycles. The largest absolute Gasteiger partial charge is 0.341 e. The molecule has 2 aromatic heterocycles. The van der Waals surface area contributed by atoms with E-state index in [0.717, 1.165) is 67.9 Å². The SMILES string of the molecule is C.C.C.NCCCCN(Cc1nc2ccccc2[nH]1)C1CCCc2ccc(Cl)nc21. The van der Waals surface area contributed by atoms with E-state index in [0.29, 0.717) is 5.15 Å². The highest BCUT2D eigenvalue weighted by Gasteiger charge is 2.28. The number of nitrogens with zero attached hydrogens (tertiary/aromatic N) is 3. The number of H-pyrrole nitrogens is 1. The molecule has 1 aliphatic rings. The van der Waals surface area contributed by atoms with E-state index >= 15 is 0 Å². The Hall–Kier alpha value is -1.95. The van der Waals surface area contributed by atoms with Gasteiger partial charge in [0.1, 0.15) is 11.0 Å². The lowest BCUT2D eigenvalue weighted by atomic mass is 9.90. The highest BCUT2D eigenvalue weighted by atomic mass is 35.5. The second kappa shape index (κ2) is 12.0. The van der Waals surface area contributed by atoms with Gasteiger partial charge < -0.3 is 10.7 Å². The van der Waals surface area contributed by atoms with Crippen LogP contribution in [-0.4, -0.2) is 32.9 Å². The number of pyridine rings is 1. The molecule has 3 aromatic rings. The summed E-state index contributed by atoms with van der Waals surface area (Å²) in [6.07, 6.45) is 5.46. The average molecular weight is 432 g/mol. The monoisotopic (exact) mass is 431 g/mol. The fourth-order valence-corrected chi connectivity index (χ4v) is 4.19. The lowest BCUT2D eigenvalue weighted by Crippen LogP contribution is -2.33. The molecule has 1 unspecified atom stereocenters. The number of aryl methyl sites for hydroxylation is 1. The summed E-state index contributed by atoms with van der Waals surface area (Å²) in [6.45, 7) is 2.48. The second-order valence-corrected chi connectivity index (χ2v) is 7.64. The average Bonchev–Trinajstić information content (AvgIpc) is 3.09. The number of halogens is 1. The van der Waals surface area contributed by atoms with E-state index < -0.39 is 0 Å². The number of fused-ring (bicyclic) bond motifs is 2. The van der Waals surface area contributed by atoms with Crippen molar-refractivity contribution in [1.82, 2.24) is 19.9 Å². The van der Waals surface area contributed by atoms with Crippen LogP contribution in [0.3, 0.4) is 0 Å². The lowest BCUT2D eigenvalue weighted by molar-refractivity contribution is 0.159. The minimum atomic E-state index is 0. The summed E-state index contributed by atoms with van der Waals surface area (Å²) in [5.74, 6) is 0.998. The maximum atomic E-state index is 6.22. The first-order valence-electron chi connectivity index (χ1n) is 9.77. The van der Waals surface area contributed by atoms with Gasteiger partial charge in [0.05, 0.1) is 29.3 Å². The van der Waals surface area contributed by atoms with E-state index in [2.05, 4.69) is 22.0 Å². The molecule has 0 saturated carbocycles. The fraction of sp³-hybridized carbons (Fsp3) is 0.500. The van der Waals surface area contributed by atoms with E-state index in [1.165, 1.54) is 12.0 Å². The smallest absolute Gasteiger partial charge is 0.129 e. The van der Waals surface area contributed by atoms with Gasteiger partial charge in [0.2, 0.25) is 0 Å². The van der Waals surface area contributed by atoms with Crippen molar-refractivity contribution in [3.63, 3.8) is 0 Å². The van der Waals surface area contributed by atoms with Gasteiger partial charge in [0.25, 0.3) is 0 Å². The minimum Gasteiger partial charge on any atom is -0.341 e. The van der Waals surface area contributed by atoms with Crippen LogP contribution in [0.4, 0.5) is 0 Å². The first-order chi connectivity index (χ1) is 13.2. The summed E-state index contributed by atoms with van der Waals surface area (Å²) >= 11 is 6.22. The molecular formula is C24H38ClN5. The standard InChI is InChI=1S/C21H26ClN5.3CH4/c22-19-11-10-15-6-5-9-18(21(15)26-19)27(13-4-3-12-23)14-20-24-16-7-1-2-8-17(16)25-20;;;/h1-2,7-8,10-11,18H,3-6,9,12-14,23H2,(H,24,25);3*1H4. The lowest BCUT2D eigenvalue weighted by Gasteiger charge is -2.34. The number of nitrogens with two attached hydrogens (primary N) is 1. The second-order valence-electron chi connectivity index (χ2n) is 7.25. The van der Waals surface area contributed by atoms with Crippen molar-refractivity contribution < 1.29 is 0 Å². The van der Waals surface area contributed by atoms with Crippen molar-refractivity contribution in [2.24, 2.45) is 5.73 Å². The summed E-state index contributed by atoms with van der Waals surface area (Å²) < 4.78 is 0. The van der Waals surface area contributed by atoms with E-state index in [1.807, 2.05) is 24.3 Å². The van der Waals surface area contributed by atoms with Gasteiger partial charge in [-0.15, -0.1) is 0 Å². The Labute approximate surface area is 187 Å². The van der Waals surface area contributed by atoms with E-state index in [4.69, 9.17) is 27.3 Å². The number of para-hydroxylation sites is 2. The van der Waals surface area contributed by atoms with Crippen LogP contribution in [-0.2, 0) is 13.0 Å². The zero-order valence-corrected chi connectivity index (χ0v) is 16.3. The van der Waals surface area contributed by atoms with Gasteiger partial charge in [-0.3, -0.25) is 4.90 Å². The van der Waals surface area contributed by atoms with Crippen LogP contribution in [0.5, 0.6) is 0 Å². The molecular weight excluding hydrogens is 394 g/mol. The number of hydrogen-bond acceptors (Lipinski definition) is 4. The molecule has 5 nitrogen and oxygen atoms in total. The molecule has 0 bridgehead atoms. The molecule has 0 fully saturated rings. The van der Waals surface area contributed by atoms with Crippen LogP contribution in [0.2, 0.25) is 5.15 Å². The molecule has 0 radical (unpaired) electrons. The summed E-state index contributed by atoms with van der Waals surface area (Å²) in [5.41, 5.74) is 10.3. The maximum Gasteiger partial charge on any atom is 0.129 e. The van der Waals surface area contributed by atoms with Crippen LogP contribution in [0.15, 0.2) is 36.4 Å². The summed E-state index contributed by atoms with van der Waals surface area (Å²) in [6, 6.07) is 12.5. The third kappa shape index (κ3) is 5.81. The van der Waals surface area contributed by atoms with E-state index in [-0.39, 0.29) is 28.3 Å². The normalized spacial score (nSPS) is 15.1. The molecule has 1 atom stereocenters. The minimum absolute atomic E-state index is 0. The van der Waals surface area contributed by atoms with Crippen LogP contribution < -0.4 is 5.73 Å². The van der Waals surface area contributed by atoms with Gasteiger partial charge in [0.15, 0.2) is 0 Å². The molecule has 0 spiro atoms. The summed E-state index contributed by atoms with van der Waals surface area (Å²) in [5, 5.41) is 0.575. The van der Waals surface area contributed by atoms with Gasteiger partial charge >= 0.3 is 0 Å². The molecule has 2 heterocycles. The zero-order valence-electron chi connectivity index (χ0n) is 15.5. The molecule has 6 heteroatoms. The summed E-state index contributed by atoms with van der Waals surface area (Å²) in [4.78, 5) is 15.4. The molecule has 30 heavy (non-hydrogen) atoms. The van der Waals surface area contributed by atoms with Crippen molar-refractivity contribution in [2.45, 2.75) is 67.0 Å². The third-order valence-corrected chi connectivity index (χ3v) is 5.56. The van der Waals surface area contributed by atoms with Gasteiger partial charge in [-0.1, -0.05) is 52.1 Å². The number of rotatable bonds is 7. The first-order valence-corrected chi connectivity index (χ1v) is 10.2. The Bertz CT molecular complexity index is 875. The summed E-state index contributed by atoms with van der Waals surface area (Å²) in [7, 11) is 0. The highest BCUT2D eigenvalue weighted by Crippen LogP contribution is 2.35. The van der Waals surface area contributed by atoms with Gasteiger partial charge in [0, 0.05) is 0 Å². The Morgan fingerprint density at radius 3 is 2.63 bits per heavy atom. The molecule has 0 aliphatic heterocycles. The molecule has 1 aromatic carbocycles. The fourth-order valence-electron chi connectivity index (χ4n) is 4.03. The number of benzene rings is 1. The number of hydrogen-bond donors (Lipinski definition) is 2. The Kier molecular flexibility index (Phi) is 10.5.